The summed E-state index contributed by atoms with van der Waals surface area (Å²) in [6, 6.07) is -1.34. The van der Waals surface area contributed by atoms with Gasteiger partial charge in [0.25, 0.3) is 0 Å². The van der Waals surface area contributed by atoms with Gasteiger partial charge in [0, 0.05) is 5.70 Å². The molecule has 1 aliphatic rings. The van der Waals surface area contributed by atoms with Gasteiger partial charge in [0.15, 0.2) is 0 Å². The monoisotopic (exact) mass is 139 g/mol. The molecule has 0 saturated heterocycles. The Hall–Kier alpha value is -1.52. The maximum atomic E-state index is 10.6. The van der Waals surface area contributed by atoms with Crippen molar-refractivity contribution in [3.8, 4) is 0 Å². The molecule has 0 aliphatic carbocycles. The predicted octanol–water partition coefficient (Wildman–Crippen LogP) is 1.53. The second kappa shape index (κ2) is 2.02. The summed E-state index contributed by atoms with van der Waals surface area (Å²) >= 11 is 0. The highest BCUT2D eigenvalue weighted by molar-refractivity contribution is 6.00. The first kappa shape index (κ1) is 6.60. The van der Waals surface area contributed by atoms with Crippen molar-refractivity contribution in [2.45, 2.75) is 6.92 Å². The van der Waals surface area contributed by atoms with Crippen LogP contribution in [0.4, 0.5) is 9.59 Å². The molecule has 4 amide bonds. The molecular formula is C5H5N3O2. The zero-order chi connectivity index (χ0) is 7.72. The van der Waals surface area contributed by atoms with Gasteiger partial charge >= 0.3 is 12.1 Å². The first-order valence-electron chi connectivity index (χ1n) is 2.58. The Morgan fingerprint density at radius 1 is 1.40 bits per heavy atom. The second-order valence-corrected chi connectivity index (χ2v) is 1.84. The summed E-state index contributed by atoms with van der Waals surface area (Å²) in [5.74, 6) is 0. The number of hydrogen-bond donors (Lipinski definition) is 0. The van der Waals surface area contributed by atoms with Gasteiger partial charge in [-0.3, -0.25) is 0 Å². The van der Waals surface area contributed by atoms with Crippen molar-refractivity contribution in [2.24, 2.45) is 10.2 Å². The molecule has 5 heteroatoms. The van der Waals surface area contributed by atoms with Crippen LogP contribution in [0.25, 0.3) is 0 Å². The van der Waals surface area contributed by atoms with E-state index in [9.17, 15) is 9.59 Å². The van der Waals surface area contributed by atoms with Crippen LogP contribution in [0.15, 0.2) is 22.5 Å². The van der Waals surface area contributed by atoms with Gasteiger partial charge in [0.2, 0.25) is 0 Å². The summed E-state index contributed by atoms with van der Waals surface area (Å²) < 4.78 is 0. The maximum Gasteiger partial charge on any atom is 0.374 e. The van der Waals surface area contributed by atoms with Gasteiger partial charge in [0.1, 0.15) is 0 Å². The molecule has 0 radical (unpaired) electrons. The minimum absolute atomic E-state index is 0.333. The van der Waals surface area contributed by atoms with Crippen LogP contribution in [0.2, 0.25) is 0 Å². The molecule has 1 aliphatic heterocycles. The molecule has 0 N–H and O–H groups in total. The highest BCUT2D eigenvalue weighted by Gasteiger charge is 2.27. The molecule has 0 spiro atoms. The summed E-state index contributed by atoms with van der Waals surface area (Å²) in [5.41, 5.74) is 0.333. The minimum Gasteiger partial charge on any atom is -0.243 e. The number of rotatable bonds is 1. The van der Waals surface area contributed by atoms with Crippen molar-refractivity contribution >= 4 is 12.1 Å². The molecular weight excluding hydrogens is 134 g/mol. The Morgan fingerprint density at radius 3 is 2.00 bits per heavy atom. The van der Waals surface area contributed by atoms with E-state index in [2.05, 4.69) is 16.8 Å². The molecule has 0 unspecified atom stereocenters. The third-order valence-electron chi connectivity index (χ3n) is 0.985. The van der Waals surface area contributed by atoms with Gasteiger partial charge in [0.05, 0.1) is 0 Å². The number of azo groups is 1. The van der Waals surface area contributed by atoms with Crippen molar-refractivity contribution < 1.29 is 9.59 Å². The Balaban J connectivity index is 2.90. The third-order valence-corrected chi connectivity index (χ3v) is 0.985. The van der Waals surface area contributed by atoms with E-state index in [-0.39, 0.29) is 0 Å². The lowest BCUT2D eigenvalue weighted by molar-refractivity contribution is 0.216. The lowest BCUT2D eigenvalue weighted by Crippen LogP contribution is -2.25. The molecule has 0 aromatic carbocycles. The van der Waals surface area contributed by atoms with Crippen LogP contribution < -0.4 is 0 Å². The average molecular weight is 139 g/mol. The Bertz CT molecular complexity index is 225. The van der Waals surface area contributed by atoms with Crippen molar-refractivity contribution in [3.05, 3.63) is 12.3 Å². The van der Waals surface area contributed by atoms with Gasteiger partial charge in [-0.1, -0.05) is 16.8 Å². The Labute approximate surface area is 57.0 Å². The number of carbonyl (C=O) groups is 2. The van der Waals surface area contributed by atoms with Crippen LogP contribution >= 0.6 is 0 Å². The third kappa shape index (κ3) is 0.812. The van der Waals surface area contributed by atoms with Crippen LogP contribution in [-0.4, -0.2) is 17.0 Å². The first-order chi connectivity index (χ1) is 4.63. The smallest absolute Gasteiger partial charge is 0.243 e. The fraction of sp³-hybridized carbons (Fsp3) is 0.200. The molecule has 0 bridgehead atoms. The van der Waals surface area contributed by atoms with Gasteiger partial charge in [-0.15, -0.1) is 0 Å². The summed E-state index contributed by atoms with van der Waals surface area (Å²) in [5, 5.41) is 6.04. The van der Waals surface area contributed by atoms with E-state index in [4.69, 9.17) is 0 Å². The van der Waals surface area contributed by atoms with E-state index in [1.54, 1.807) is 0 Å². The minimum atomic E-state index is -0.669. The molecule has 0 aromatic rings. The summed E-state index contributed by atoms with van der Waals surface area (Å²) in [6.45, 7) is 4.94. The second-order valence-electron chi connectivity index (χ2n) is 1.84. The Morgan fingerprint density at radius 2 is 1.80 bits per heavy atom. The molecule has 1 rings (SSSR count). The topological polar surface area (TPSA) is 62.1 Å². The van der Waals surface area contributed by atoms with E-state index in [1.165, 1.54) is 6.92 Å². The van der Waals surface area contributed by atoms with Crippen molar-refractivity contribution in [2.75, 3.05) is 0 Å². The van der Waals surface area contributed by atoms with E-state index >= 15 is 0 Å². The van der Waals surface area contributed by atoms with Gasteiger partial charge in [-0.25, -0.2) is 14.5 Å². The van der Waals surface area contributed by atoms with Crippen LogP contribution in [0, 0.1) is 0 Å². The zero-order valence-corrected chi connectivity index (χ0v) is 5.37. The fourth-order valence-corrected chi connectivity index (χ4v) is 0.583. The number of nitrogens with zero attached hydrogens (tertiary/aromatic N) is 3. The van der Waals surface area contributed by atoms with Crippen molar-refractivity contribution in [1.82, 2.24) is 4.90 Å². The lowest BCUT2D eigenvalue weighted by Gasteiger charge is -2.07. The number of allylic oxidation sites excluding steroid dienone is 1. The van der Waals surface area contributed by atoms with Gasteiger partial charge in [-0.2, -0.15) is 0 Å². The fourth-order valence-electron chi connectivity index (χ4n) is 0.583. The van der Waals surface area contributed by atoms with Crippen LogP contribution in [0.5, 0.6) is 0 Å². The lowest BCUT2D eigenvalue weighted by atomic mass is 10.5. The predicted molar refractivity (Wildman–Crippen MR) is 32.3 cm³/mol. The average Bonchev–Trinajstić information content (AvgIpc) is 2.11. The molecule has 0 fully saturated rings. The van der Waals surface area contributed by atoms with E-state index in [1.807, 2.05) is 0 Å². The van der Waals surface area contributed by atoms with Crippen molar-refractivity contribution in [3.63, 3.8) is 0 Å². The van der Waals surface area contributed by atoms with Crippen LogP contribution in [0.3, 0.4) is 0 Å². The molecule has 0 saturated carbocycles. The molecule has 0 atom stereocenters. The van der Waals surface area contributed by atoms with Gasteiger partial charge < -0.3 is 0 Å². The molecule has 5 nitrogen and oxygen atoms in total. The maximum absolute atomic E-state index is 10.6. The van der Waals surface area contributed by atoms with Gasteiger partial charge in [-0.05, 0) is 6.92 Å². The number of hydrogen-bond acceptors (Lipinski definition) is 2. The normalized spacial score (nSPS) is 16.7. The van der Waals surface area contributed by atoms with E-state index in [0.717, 1.165) is 4.90 Å². The number of amides is 4. The zero-order valence-electron chi connectivity index (χ0n) is 5.37. The molecule has 52 valence electrons. The van der Waals surface area contributed by atoms with E-state index < -0.39 is 12.1 Å². The molecule has 0 aromatic heterocycles. The summed E-state index contributed by atoms with van der Waals surface area (Å²) in [4.78, 5) is 22.0. The quantitative estimate of drug-likeness (QED) is 0.552. The molecule has 10 heavy (non-hydrogen) atoms. The highest BCUT2D eigenvalue weighted by Crippen LogP contribution is 2.11. The first-order valence-corrected chi connectivity index (χ1v) is 2.58. The summed E-state index contributed by atoms with van der Waals surface area (Å²) in [6.07, 6.45) is 0. The Kier molecular flexibility index (Phi) is 1.33. The molecule has 1 heterocycles. The largest absolute Gasteiger partial charge is 0.374 e. The number of imide groups is 1. The SMILES string of the molecule is C=C(C)N1C(=O)N=NC1=O. The van der Waals surface area contributed by atoms with Crippen molar-refractivity contribution in [1.29, 1.82) is 0 Å². The van der Waals surface area contributed by atoms with E-state index in [0.29, 0.717) is 5.70 Å². The highest BCUT2D eigenvalue weighted by atomic mass is 16.2. The number of carbonyl (C=O) groups excluding carboxylic acids is 2. The van der Waals surface area contributed by atoms with Crippen LogP contribution in [0.1, 0.15) is 6.92 Å². The summed E-state index contributed by atoms with van der Waals surface area (Å²) in [7, 11) is 0. The van der Waals surface area contributed by atoms with Crippen LogP contribution in [-0.2, 0) is 0 Å². The standard InChI is InChI=1S/C5H5N3O2/c1-3(2)8-4(9)6-7-5(8)10/h1H2,2H3. The number of urea groups is 2.